The number of carbonyl (C=O) groups is 5. The third-order valence-corrected chi connectivity index (χ3v) is 13.3. The van der Waals surface area contributed by atoms with Crippen LogP contribution in [0.1, 0.15) is 124 Å². The van der Waals surface area contributed by atoms with Crippen molar-refractivity contribution >= 4 is 29.2 Å². The Kier molecular flexibility index (Phi) is 21.6. The second kappa shape index (κ2) is 26.0. The van der Waals surface area contributed by atoms with Gasteiger partial charge in [0.05, 0.1) is 24.4 Å². The van der Waals surface area contributed by atoms with Crippen LogP contribution in [0.2, 0.25) is 0 Å². The van der Waals surface area contributed by atoms with Crippen molar-refractivity contribution in [1.29, 1.82) is 0 Å². The molecule has 1 aliphatic carbocycles. The quantitative estimate of drug-likeness (QED) is 0.154. The fourth-order valence-electron chi connectivity index (χ4n) is 9.26. The van der Waals surface area contributed by atoms with Crippen molar-refractivity contribution in [2.75, 3.05) is 27.9 Å². The van der Waals surface area contributed by atoms with Crippen LogP contribution >= 0.6 is 0 Å². The van der Waals surface area contributed by atoms with E-state index in [1.807, 2.05) is 37.3 Å². The summed E-state index contributed by atoms with van der Waals surface area (Å²) in [6, 6.07) is -1.17. The Balaban J connectivity index is 1.61. The van der Waals surface area contributed by atoms with Crippen LogP contribution in [0.3, 0.4) is 0 Å². The zero-order valence-corrected chi connectivity index (χ0v) is 38.4. The van der Waals surface area contributed by atoms with E-state index in [0.717, 1.165) is 10.5 Å². The lowest BCUT2D eigenvalue weighted by Crippen LogP contribution is -2.60. The van der Waals surface area contributed by atoms with Gasteiger partial charge >= 0.3 is 12.6 Å². The number of Topliss-reactive ketones (excluding diaryl/α,β-unsaturated/α-hetero) is 3. The van der Waals surface area contributed by atoms with E-state index in [1.165, 1.54) is 20.3 Å². The number of allylic oxidation sites excluding steroid dienone is 6. The number of alkyl halides is 2. The fourth-order valence-corrected chi connectivity index (χ4v) is 9.26. The molecule has 1 amide bonds. The lowest BCUT2D eigenvalue weighted by atomic mass is 9.81. The molecular weight excluding hydrogens is 837 g/mol. The first-order valence-corrected chi connectivity index (χ1v) is 22.9. The van der Waals surface area contributed by atoms with Crippen LogP contribution in [0.5, 0.6) is 0 Å². The Morgan fingerprint density at radius 3 is 2.34 bits per heavy atom. The number of piperidine rings is 1. The number of cyclic esters (lactones) is 1. The Labute approximate surface area is 376 Å². The summed E-state index contributed by atoms with van der Waals surface area (Å²) in [5.41, 5.74) is 1.22. The number of amides is 1. The third kappa shape index (κ3) is 15.0. The highest BCUT2D eigenvalue weighted by molar-refractivity contribution is 6.39. The SMILES string of the molecule is CO[C@H]1C[C@@H]2CC[C@@H](C)[C@@](O)(O2)C(=O)C(=O)N2CCCC[C@H]2C(=O)O[C@H](CC[C@@H]2CC[C@@H](OC(F)F)[C@H](OC)C2)CC(=O)C/C=C(\C)[C@@H](O)[C@@H](OC)C(=O)CCC/C=C/C=C/C=C/1C. The molecule has 0 radical (unpaired) electrons. The van der Waals surface area contributed by atoms with Gasteiger partial charge in [-0.05, 0) is 108 Å². The molecule has 3 fully saturated rings. The number of nitrogens with zero attached hydrogens (tertiary/aromatic N) is 1. The van der Waals surface area contributed by atoms with E-state index in [9.17, 15) is 43.0 Å². The minimum absolute atomic E-state index is 0.0221. The molecule has 11 atom stereocenters. The number of ether oxygens (including phenoxy) is 6. The van der Waals surface area contributed by atoms with Gasteiger partial charge in [-0.2, -0.15) is 8.78 Å². The number of carbonyl (C=O) groups excluding carboxylic acids is 5. The molecule has 3 heterocycles. The molecule has 0 spiro atoms. The normalized spacial score (nSPS) is 36.9. The molecule has 0 aromatic carbocycles. The van der Waals surface area contributed by atoms with E-state index in [0.29, 0.717) is 76.2 Å². The Morgan fingerprint density at radius 1 is 0.875 bits per heavy atom. The number of ketones is 3. The summed E-state index contributed by atoms with van der Waals surface area (Å²) in [5.74, 6) is -6.84. The van der Waals surface area contributed by atoms with Crippen LogP contribution in [0, 0.1) is 11.8 Å². The standard InChI is InChI=1S/C48H71F2NO13/c1-30-15-11-9-7-8-10-12-17-38(53)43(61-6)42(54)31(2)18-22-34(52)28-35(24-20-33-21-25-39(63-47(49)50)41(27-33)60-5)62-46(57)37-16-13-14-26-51(37)45(56)44(55)48(58)32(3)19-23-36(64-48)29-40(30)59-4/h7-9,11,15,18,32-33,35-37,39-43,47,54,58H,10,12-14,16-17,19-29H2,1-6H3/b8-7+,11-9+,30-15+,31-18+/t32-,33-,35-,36+,37+,39-,40+,41-,42-,43+,48-/m1/s1. The van der Waals surface area contributed by atoms with Gasteiger partial charge in [0.25, 0.3) is 11.7 Å². The summed E-state index contributed by atoms with van der Waals surface area (Å²) in [5, 5.41) is 22.9. The molecule has 4 rings (SSSR count). The van der Waals surface area contributed by atoms with Crippen LogP contribution in [0.15, 0.2) is 47.6 Å². The van der Waals surface area contributed by atoms with Gasteiger partial charge in [-0.15, -0.1) is 0 Å². The average Bonchev–Trinajstić information content (AvgIpc) is 3.27. The molecule has 4 aliphatic rings. The van der Waals surface area contributed by atoms with Gasteiger partial charge in [-0.1, -0.05) is 43.4 Å². The van der Waals surface area contributed by atoms with Crippen molar-refractivity contribution in [2.45, 2.75) is 185 Å². The van der Waals surface area contributed by atoms with Gasteiger partial charge in [0.15, 0.2) is 5.78 Å². The number of esters is 1. The van der Waals surface area contributed by atoms with Crippen LogP contribution < -0.4 is 0 Å². The third-order valence-electron chi connectivity index (χ3n) is 13.3. The predicted octanol–water partition coefficient (Wildman–Crippen LogP) is 6.44. The summed E-state index contributed by atoms with van der Waals surface area (Å²) >= 11 is 0. The molecule has 0 aromatic heterocycles. The van der Waals surface area contributed by atoms with Crippen LogP contribution in [-0.2, 0) is 52.4 Å². The Bertz CT molecular complexity index is 1700. The van der Waals surface area contributed by atoms with E-state index >= 15 is 0 Å². The molecule has 14 nitrogen and oxygen atoms in total. The minimum atomic E-state index is -2.94. The monoisotopic (exact) mass is 907 g/mol. The number of halogens is 2. The number of fused-ring (bicyclic) bond motifs is 3. The smallest absolute Gasteiger partial charge is 0.345 e. The largest absolute Gasteiger partial charge is 0.460 e. The predicted molar refractivity (Wildman–Crippen MR) is 232 cm³/mol. The maximum absolute atomic E-state index is 14.1. The maximum Gasteiger partial charge on any atom is 0.345 e. The molecule has 16 heteroatoms. The van der Waals surface area contributed by atoms with Gasteiger partial charge in [0.1, 0.15) is 30.1 Å². The molecule has 0 unspecified atom stereocenters. The Hall–Kier alpha value is -3.51. The van der Waals surface area contributed by atoms with Crippen molar-refractivity contribution in [3.63, 3.8) is 0 Å². The van der Waals surface area contributed by atoms with Crippen molar-refractivity contribution in [3.8, 4) is 0 Å². The first-order chi connectivity index (χ1) is 30.5. The van der Waals surface area contributed by atoms with E-state index in [4.69, 9.17) is 28.4 Å². The topological polar surface area (TPSA) is 184 Å². The second-order valence-electron chi connectivity index (χ2n) is 17.8. The summed E-state index contributed by atoms with van der Waals surface area (Å²) < 4.78 is 59.8. The summed E-state index contributed by atoms with van der Waals surface area (Å²) in [7, 11) is 4.33. The zero-order valence-electron chi connectivity index (χ0n) is 38.4. The van der Waals surface area contributed by atoms with Crippen molar-refractivity contribution in [3.05, 3.63) is 47.6 Å². The van der Waals surface area contributed by atoms with Gasteiger partial charge in [-0.3, -0.25) is 19.2 Å². The van der Waals surface area contributed by atoms with E-state index in [1.54, 1.807) is 21.0 Å². The molecule has 2 N–H and O–H groups in total. The maximum atomic E-state index is 14.1. The zero-order chi connectivity index (χ0) is 47.0. The molecule has 1 saturated carbocycles. The van der Waals surface area contributed by atoms with Crippen molar-refractivity contribution in [2.24, 2.45) is 11.8 Å². The van der Waals surface area contributed by atoms with Gasteiger partial charge in [0.2, 0.25) is 5.79 Å². The molecule has 3 aliphatic heterocycles. The lowest BCUT2D eigenvalue weighted by Gasteiger charge is -2.42. The number of aliphatic hydroxyl groups excluding tert-OH is 1. The van der Waals surface area contributed by atoms with Gasteiger partial charge < -0.3 is 43.5 Å². The molecule has 0 aromatic rings. The highest BCUT2D eigenvalue weighted by atomic mass is 19.3. The van der Waals surface area contributed by atoms with Gasteiger partial charge in [0, 0.05) is 59.5 Å². The van der Waals surface area contributed by atoms with E-state index < -0.39 is 84.7 Å². The lowest BCUT2D eigenvalue weighted by molar-refractivity contribution is -0.265. The van der Waals surface area contributed by atoms with Crippen LogP contribution in [0.4, 0.5) is 8.78 Å². The molecular formula is C48H71F2NO13. The fraction of sp³-hybridized carbons (Fsp3) is 0.729. The van der Waals surface area contributed by atoms with Crippen LogP contribution in [0.25, 0.3) is 0 Å². The van der Waals surface area contributed by atoms with Crippen molar-refractivity contribution in [1.82, 2.24) is 4.90 Å². The number of rotatable bonds is 8. The molecule has 2 bridgehead atoms. The summed E-state index contributed by atoms with van der Waals surface area (Å²) in [4.78, 5) is 70.2. The molecule has 360 valence electrons. The van der Waals surface area contributed by atoms with E-state index in [-0.39, 0.29) is 56.1 Å². The molecule has 2 saturated heterocycles. The van der Waals surface area contributed by atoms with Crippen molar-refractivity contribution < 1.29 is 71.4 Å². The second-order valence-corrected chi connectivity index (χ2v) is 17.8. The number of aliphatic hydroxyl groups is 2. The molecule has 64 heavy (non-hydrogen) atoms. The van der Waals surface area contributed by atoms with E-state index in [2.05, 4.69) is 0 Å². The first kappa shape index (κ1) is 53.1. The highest BCUT2D eigenvalue weighted by Gasteiger charge is 2.53. The average molecular weight is 908 g/mol. The first-order valence-electron chi connectivity index (χ1n) is 22.9. The Morgan fingerprint density at radius 2 is 1.64 bits per heavy atom. The minimum Gasteiger partial charge on any atom is -0.460 e. The number of hydrogen-bond donors (Lipinski definition) is 2. The van der Waals surface area contributed by atoms with Crippen LogP contribution in [-0.4, -0.2) is 133 Å². The highest BCUT2D eigenvalue weighted by Crippen LogP contribution is 2.37. The van der Waals surface area contributed by atoms with Gasteiger partial charge in [-0.25, -0.2) is 4.79 Å². The summed E-state index contributed by atoms with van der Waals surface area (Å²) in [6.07, 6.45) is 10.4. The summed E-state index contributed by atoms with van der Waals surface area (Å²) in [6.45, 7) is 2.25. The number of hydrogen-bond acceptors (Lipinski definition) is 13. The number of methoxy groups -OCH3 is 3.